The van der Waals surface area contributed by atoms with Gasteiger partial charge in [0.1, 0.15) is 17.4 Å². The molecule has 0 aliphatic rings. The van der Waals surface area contributed by atoms with Crippen molar-refractivity contribution in [1.82, 2.24) is 0 Å². The lowest BCUT2D eigenvalue weighted by atomic mass is 10.0. The minimum absolute atomic E-state index is 0.204. The number of alkyl halides is 1. The van der Waals surface area contributed by atoms with Crippen molar-refractivity contribution < 1.29 is 14.3 Å². The Morgan fingerprint density at radius 3 is 2.71 bits per heavy atom. The van der Waals surface area contributed by atoms with Gasteiger partial charge in [0.2, 0.25) is 0 Å². The van der Waals surface area contributed by atoms with E-state index in [1.54, 1.807) is 19.1 Å². The molecule has 0 bridgehead atoms. The Balaban J connectivity index is 3.35. The first-order chi connectivity index (χ1) is 8.17. The van der Waals surface area contributed by atoms with E-state index in [1.807, 2.05) is 6.07 Å². The molecule has 0 N–H and O–H groups in total. The topological polar surface area (TPSA) is 59.3 Å². The monoisotopic (exact) mass is 297 g/mol. The Morgan fingerprint density at radius 2 is 2.24 bits per heavy atom. The molecule has 1 rings (SSSR count). The highest BCUT2D eigenvalue weighted by Gasteiger charge is 2.18. The van der Waals surface area contributed by atoms with Crippen molar-refractivity contribution >= 4 is 21.9 Å². The third-order valence-corrected chi connectivity index (χ3v) is 2.79. The molecule has 17 heavy (non-hydrogen) atoms. The normalized spacial score (nSPS) is 9.53. The molecule has 0 radical (unpaired) electrons. The lowest BCUT2D eigenvalue weighted by molar-refractivity contribution is 0.0525. The standard InChI is InChI=1S/C12H12BrNO3/c1-3-17-12(15)9-4-8(6-13)5-11(16-2)10(9)7-14/h4-5H,3,6H2,1-2H3. The van der Waals surface area contributed by atoms with Crippen LogP contribution >= 0.6 is 15.9 Å². The van der Waals surface area contributed by atoms with Crippen molar-refractivity contribution in [2.24, 2.45) is 0 Å². The van der Waals surface area contributed by atoms with E-state index in [9.17, 15) is 4.79 Å². The number of esters is 1. The maximum absolute atomic E-state index is 11.7. The molecule has 0 fully saturated rings. The van der Waals surface area contributed by atoms with Crippen molar-refractivity contribution in [3.05, 3.63) is 28.8 Å². The van der Waals surface area contributed by atoms with Crippen LogP contribution in [0, 0.1) is 11.3 Å². The maximum Gasteiger partial charge on any atom is 0.339 e. The zero-order valence-electron chi connectivity index (χ0n) is 9.62. The highest BCUT2D eigenvalue weighted by atomic mass is 79.9. The van der Waals surface area contributed by atoms with Crippen LogP contribution < -0.4 is 4.74 Å². The number of ether oxygens (including phenoxy) is 2. The van der Waals surface area contributed by atoms with Gasteiger partial charge < -0.3 is 9.47 Å². The molecule has 0 aliphatic heterocycles. The fraction of sp³-hybridized carbons (Fsp3) is 0.333. The second-order valence-electron chi connectivity index (χ2n) is 3.19. The number of carbonyl (C=O) groups excluding carboxylic acids is 1. The maximum atomic E-state index is 11.7. The summed E-state index contributed by atoms with van der Waals surface area (Å²) in [5, 5.41) is 9.63. The van der Waals surface area contributed by atoms with Crippen LogP contribution in [-0.4, -0.2) is 19.7 Å². The van der Waals surface area contributed by atoms with Crippen LogP contribution in [0.25, 0.3) is 0 Å². The van der Waals surface area contributed by atoms with Gasteiger partial charge in [0, 0.05) is 5.33 Å². The number of rotatable bonds is 4. The summed E-state index contributed by atoms with van der Waals surface area (Å²) < 4.78 is 10.0. The van der Waals surface area contributed by atoms with Crippen molar-refractivity contribution in [2.75, 3.05) is 13.7 Å². The molecule has 90 valence electrons. The van der Waals surface area contributed by atoms with Gasteiger partial charge in [0.15, 0.2) is 0 Å². The summed E-state index contributed by atoms with van der Waals surface area (Å²) in [6, 6.07) is 5.32. The second-order valence-corrected chi connectivity index (χ2v) is 3.75. The summed E-state index contributed by atoms with van der Waals surface area (Å²) in [7, 11) is 1.46. The van der Waals surface area contributed by atoms with Crippen LogP contribution in [0.2, 0.25) is 0 Å². The van der Waals surface area contributed by atoms with E-state index >= 15 is 0 Å². The van der Waals surface area contributed by atoms with Gasteiger partial charge in [-0.25, -0.2) is 4.79 Å². The summed E-state index contributed by atoms with van der Waals surface area (Å²) in [6.07, 6.45) is 0. The number of benzene rings is 1. The first-order valence-electron chi connectivity index (χ1n) is 5.02. The molecule has 0 amide bonds. The van der Waals surface area contributed by atoms with E-state index in [-0.39, 0.29) is 17.7 Å². The summed E-state index contributed by atoms with van der Waals surface area (Å²) in [5.74, 6) is -0.127. The number of hydrogen-bond donors (Lipinski definition) is 0. The molecule has 0 saturated heterocycles. The summed E-state index contributed by atoms with van der Waals surface area (Å²) in [6.45, 7) is 1.99. The quantitative estimate of drug-likeness (QED) is 0.633. The van der Waals surface area contributed by atoms with Gasteiger partial charge in [0.25, 0.3) is 0 Å². The van der Waals surface area contributed by atoms with E-state index in [0.717, 1.165) is 5.56 Å². The van der Waals surface area contributed by atoms with Crippen molar-refractivity contribution in [1.29, 1.82) is 5.26 Å². The van der Waals surface area contributed by atoms with Gasteiger partial charge in [-0.1, -0.05) is 15.9 Å². The molecule has 1 aromatic carbocycles. The van der Waals surface area contributed by atoms with Gasteiger partial charge in [-0.2, -0.15) is 5.26 Å². The van der Waals surface area contributed by atoms with Crippen LogP contribution in [0.3, 0.4) is 0 Å². The van der Waals surface area contributed by atoms with Crippen LogP contribution in [0.4, 0.5) is 0 Å². The van der Waals surface area contributed by atoms with Gasteiger partial charge in [-0.15, -0.1) is 0 Å². The van der Waals surface area contributed by atoms with E-state index < -0.39 is 5.97 Å². The van der Waals surface area contributed by atoms with Gasteiger partial charge >= 0.3 is 5.97 Å². The fourth-order valence-corrected chi connectivity index (χ4v) is 1.72. The smallest absolute Gasteiger partial charge is 0.339 e. The summed E-state index contributed by atoms with van der Waals surface area (Å²) in [5.41, 5.74) is 1.29. The van der Waals surface area contributed by atoms with Crippen molar-refractivity contribution in [3.63, 3.8) is 0 Å². The van der Waals surface area contributed by atoms with Crippen molar-refractivity contribution in [2.45, 2.75) is 12.3 Å². The van der Waals surface area contributed by atoms with Crippen LogP contribution in [0.15, 0.2) is 12.1 Å². The van der Waals surface area contributed by atoms with Gasteiger partial charge in [0.05, 0.1) is 19.3 Å². The molecule has 0 atom stereocenters. The minimum Gasteiger partial charge on any atom is -0.495 e. The molecule has 0 heterocycles. The fourth-order valence-electron chi connectivity index (χ4n) is 1.40. The van der Waals surface area contributed by atoms with E-state index in [1.165, 1.54) is 7.11 Å². The highest BCUT2D eigenvalue weighted by Crippen LogP contribution is 2.25. The molecule has 0 aromatic heterocycles. The number of nitriles is 1. The molecular formula is C12H12BrNO3. The van der Waals surface area contributed by atoms with E-state index in [0.29, 0.717) is 11.1 Å². The number of hydrogen-bond acceptors (Lipinski definition) is 4. The van der Waals surface area contributed by atoms with E-state index in [2.05, 4.69) is 15.9 Å². The van der Waals surface area contributed by atoms with Crippen LogP contribution in [0.1, 0.15) is 28.4 Å². The second kappa shape index (κ2) is 6.26. The zero-order chi connectivity index (χ0) is 12.8. The lowest BCUT2D eigenvalue weighted by Crippen LogP contribution is -2.08. The largest absolute Gasteiger partial charge is 0.495 e. The first kappa shape index (κ1) is 13.5. The lowest BCUT2D eigenvalue weighted by Gasteiger charge is -2.10. The number of halogens is 1. The average molecular weight is 298 g/mol. The Morgan fingerprint density at radius 1 is 1.53 bits per heavy atom. The molecule has 0 saturated carbocycles. The number of methoxy groups -OCH3 is 1. The predicted molar refractivity (Wildman–Crippen MR) is 66.3 cm³/mol. The molecule has 1 aromatic rings. The number of carbonyl (C=O) groups is 1. The highest BCUT2D eigenvalue weighted by molar-refractivity contribution is 9.08. The number of nitrogens with zero attached hydrogens (tertiary/aromatic N) is 1. The summed E-state index contributed by atoms with van der Waals surface area (Å²) in [4.78, 5) is 11.7. The Hall–Kier alpha value is -1.54. The van der Waals surface area contributed by atoms with Gasteiger partial charge in [-0.05, 0) is 24.6 Å². The van der Waals surface area contributed by atoms with Gasteiger partial charge in [-0.3, -0.25) is 0 Å². The Kier molecular flexibility index (Phi) is 4.98. The molecule has 0 spiro atoms. The molecule has 5 heteroatoms. The third kappa shape index (κ3) is 2.98. The molecule has 4 nitrogen and oxygen atoms in total. The summed E-state index contributed by atoms with van der Waals surface area (Å²) >= 11 is 3.30. The predicted octanol–water partition coefficient (Wildman–Crippen LogP) is 2.64. The average Bonchev–Trinajstić information content (AvgIpc) is 2.37. The molecular weight excluding hydrogens is 286 g/mol. The van der Waals surface area contributed by atoms with Crippen LogP contribution in [0.5, 0.6) is 5.75 Å². The van der Waals surface area contributed by atoms with E-state index in [4.69, 9.17) is 14.7 Å². The van der Waals surface area contributed by atoms with Crippen LogP contribution in [-0.2, 0) is 10.1 Å². The SMILES string of the molecule is CCOC(=O)c1cc(CBr)cc(OC)c1C#N. The zero-order valence-corrected chi connectivity index (χ0v) is 11.2. The van der Waals surface area contributed by atoms with Crippen molar-refractivity contribution in [3.8, 4) is 11.8 Å². The first-order valence-corrected chi connectivity index (χ1v) is 6.14. The Bertz CT molecular complexity index is 466. The molecule has 0 aliphatic carbocycles. The third-order valence-electron chi connectivity index (χ3n) is 2.14. The minimum atomic E-state index is -0.509. The molecule has 0 unspecified atom stereocenters. The Labute approximate surface area is 108 Å².